The van der Waals surface area contributed by atoms with E-state index in [1.165, 1.54) is 0 Å². The second-order valence-electron chi connectivity index (χ2n) is 7.42. The van der Waals surface area contributed by atoms with E-state index in [1.807, 2.05) is 6.07 Å². The fourth-order valence-electron chi connectivity index (χ4n) is 2.62. The third-order valence-corrected chi connectivity index (χ3v) is 4.53. The normalized spacial score (nSPS) is 17.0. The van der Waals surface area contributed by atoms with Crippen molar-refractivity contribution < 1.29 is 9.63 Å². The number of rotatable bonds is 6. The third-order valence-electron chi connectivity index (χ3n) is 3.79. The number of hydrogen-bond donors (Lipinski definition) is 0. The number of oxime groups is 1. The first kappa shape index (κ1) is 19.8. The summed E-state index contributed by atoms with van der Waals surface area (Å²) >= 11 is 12.0. The Kier molecular flexibility index (Phi) is 6.53. The molecule has 0 unspecified atom stereocenters. The molecule has 0 saturated carbocycles. The van der Waals surface area contributed by atoms with Gasteiger partial charge in [0.05, 0.1) is 22.3 Å². The van der Waals surface area contributed by atoms with E-state index in [4.69, 9.17) is 28.0 Å². The molecule has 1 aromatic carbocycles. The molecule has 1 aliphatic rings. The number of carbonyl (C=O) groups excluding carboxylic acids is 1. The van der Waals surface area contributed by atoms with Gasteiger partial charge < -0.3 is 9.74 Å². The van der Waals surface area contributed by atoms with Gasteiger partial charge in [-0.25, -0.2) is 0 Å². The zero-order valence-electron chi connectivity index (χ0n) is 14.9. The average molecular weight is 383 g/mol. The summed E-state index contributed by atoms with van der Waals surface area (Å²) in [6.45, 7) is 10.9. The van der Waals surface area contributed by atoms with Crippen molar-refractivity contribution in [1.82, 2.24) is 4.90 Å². The van der Waals surface area contributed by atoms with Crippen LogP contribution >= 0.6 is 23.2 Å². The van der Waals surface area contributed by atoms with Crippen molar-refractivity contribution in [3.63, 3.8) is 0 Å². The van der Waals surface area contributed by atoms with Crippen molar-refractivity contribution in [2.45, 2.75) is 39.7 Å². The molecule has 0 saturated heterocycles. The number of carbonyl (C=O) groups is 1. The van der Waals surface area contributed by atoms with Gasteiger partial charge in [-0.2, -0.15) is 0 Å². The molecule has 0 fully saturated rings. The zero-order valence-corrected chi connectivity index (χ0v) is 16.4. The van der Waals surface area contributed by atoms with E-state index < -0.39 is 0 Å². The monoisotopic (exact) mass is 382 g/mol. The van der Waals surface area contributed by atoms with Crippen LogP contribution < -0.4 is 0 Å². The summed E-state index contributed by atoms with van der Waals surface area (Å²) in [5.41, 5.74) is 1.63. The number of nitrogens with zero attached hydrogens (tertiary/aromatic N) is 2. The van der Waals surface area contributed by atoms with E-state index in [0.717, 1.165) is 11.3 Å². The van der Waals surface area contributed by atoms with Gasteiger partial charge in [-0.3, -0.25) is 4.79 Å². The Morgan fingerprint density at radius 3 is 2.72 bits per heavy atom. The lowest BCUT2D eigenvalue weighted by Crippen LogP contribution is -2.39. The van der Waals surface area contributed by atoms with Crippen LogP contribution in [0, 0.1) is 5.41 Å². The lowest BCUT2D eigenvalue weighted by atomic mass is 9.91. The Morgan fingerprint density at radius 2 is 2.12 bits per heavy atom. The second-order valence-corrected chi connectivity index (χ2v) is 8.24. The highest BCUT2D eigenvalue weighted by molar-refractivity contribution is 6.42. The molecule has 1 aliphatic heterocycles. The van der Waals surface area contributed by atoms with Gasteiger partial charge in [0.25, 0.3) is 0 Å². The second kappa shape index (κ2) is 8.24. The fourth-order valence-corrected chi connectivity index (χ4v) is 2.92. The Balaban J connectivity index is 1.99. The molecule has 2 rings (SSSR count). The molecule has 0 spiro atoms. The Labute approximate surface area is 159 Å². The molecule has 1 atom stereocenters. The summed E-state index contributed by atoms with van der Waals surface area (Å²) in [5, 5.41) is 5.15. The summed E-state index contributed by atoms with van der Waals surface area (Å²) < 4.78 is 0. The van der Waals surface area contributed by atoms with E-state index in [0.29, 0.717) is 36.0 Å². The SMILES string of the molecule is C=CCN(C[C@H]1CC(c2ccc(Cl)c(Cl)c2)=NO1)C(=O)CC(C)(C)C. The van der Waals surface area contributed by atoms with E-state index in [-0.39, 0.29) is 17.4 Å². The minimum absolute atomic E-state index is 0.0608. The number of hydrogen-bond acceptors (Lipinski definition) is 3. The molecule has 136 valence electrons. The molecule has 25 heavy (non-hydrogen) atoms. The van der Waals surface area contributed by atoms with Crippen molar-refractivity contribution in [1.29, 1.82) is 0 Å². The van der Waals surface area contributed by atoms with Crippen LogP contribution in [0.5, 0.6) is 0 Å². The topological polar surface area (TPSA) is 41.9 Å². The van der Waals surface area contributed by atoms with Crippen molar-refractivity contribution in [2.75, 3.05) is 13.1 Å². The van der Waals surface area contributed by atoms with Gasteiger partial charge in [0, 0.05) is 24.9 Å². The molecule has 1 heterocycles. The van der Waals surface area contributed by atoms with Crippen LogP contribution in [-0.2, 0) is 9.63 Å². The van der Waals surface area contributed by atoms with Crippen LogP contribution in [0.25, 0.3) is 0 Å². The van der Waals surface area contributed by atoms with E-state index in [1.54, 1.807) is 23.1 Å². The lowest BCUT2D eigenvalue weighted by Gasteiger charge is -2.27. The van der Waals surface area contributed by atoms with Gasteiger partial charge in [-0.15, -0.1) is 6.58 Å². The number of benzene rings is 1. The summed E-state index contributed by atoms with van der Waals surface area (Å²) in [4.78, 5) is 19.8. The average Bonchev–Trinajstić information content (AvgIpc) is 2.96. The Bertz CT molecular complexity index is 680. The summed E-state index contributed by atoms with van der Waals surface area (Å²) in [6, 6.07) is 5.39. The Hall–Kier alpha value is -1.52. The summed E-state index contributed by atoms with van der Waals surface area (Å²) in [5.74, 6) is 0.0963. The zero-order chi connectivity index (χ0) is 18.6. The maximum atomic E-state index is 12.5. The van der Waals surface area contributed by atoms with Crippen LogP contribution in [0.15, 0.2) is 36.0 Å². The summed E-state index contributed by atoms with van der Waals surface area (Å²) in [6.07, 6.45) is 2.66. The van der Waals surface area contributed by atoms with Crippen LogP contribution in [0.2, 0.25) is 10.0 Å². The van der Waals surface area contributed by atoms with Crippen molar-refractivity contribution >= 4 is 34.8 Å². The van der Waals surface area contributed by atoms with Gasteiger partial charge in [-0.05, 0) is 17.5 Å². The van der Waals surface area contributed by atoms with E-state index >= 15 is 0 Å². The lowest BCUT2D eigenvalue weighted by molar-refractivity contribution is -0.134. The van der Waals surface area contributed by atoms with Crippen molar-refractivity contribution in [3.05, 3.63) is 46.5 Å². The largest absolute Gasteiger partial charge is 0.390 e. The molecule has 0 bridgehead atoms. The Morgan fingerprint density at radius 1 is 1.40 bits per heavy atom. The van der Waals surface area contributed by atoms with Gasteiger partial charge in [0.1, 0.15) is 0 Å². The molecule has 6 heteroatoms. The smallest absolute Gasteiger partial charge is 0.223 e. The predicted octanol–water partition coefficient (Wildman–Crippen LogP) is 4.94. The standard InChI is InChI=1S/C19H24Cl2N2O2/c1-5-8-23(18(24)11-19(2,3)4)12-14-10-17(22-25-14)13-6-7-15(20)16(21)9-13/h5-7,9,14H,1,8,10-12H2,2-4H3/t14-/m1/s1. The van der Waals surface area contributed by atoms with Gasteiger partial charge in [0.2, 0.25) is 5.91 Å². The van der Waals surface area contributed by atoms with E-state index in [2.05, 4.69) is 32.5 Å². The molecular weight excluding hydrogens is 359 g/mol. The molecule has 4 nitrogen and oxygen atoms in total. The summed E-state index contributed by atoms with van der Waals surface area (Å²) in [7, 11) is 0. The quantitative estimate of drug-likeness (QED) is 0.653. The highest BCUT2D eigenvalue weighted by Gasteiger charge is 2.28. The van der Waals surface area contributed by atoms with Gasteiger partial charge >= 0.3 is 0 Å². The molecule has 0 radical (unpaired) electrons. The maximum Gasteiger partial charge on any atom is 0.223 e. The molecule has 1 aromatic rings. The highest BCUT2D eigenvalue weighted by atomic mass is 35.5. The minimum Gasteiger partial charge on any atom is -0.390 e. The van der Waals surface area contributed by atoms with Gasteiger partial charge in [0.15, 0.2) is 6.10 Å². The molecule has 1 amide bonds. The number of halogens is 2. The maximum absolute atomic E-state index is 12.5. The first-order chi connectivity index (χ1) is 11.7. The molecular formula is C19H24Cl2N2O2. The number of amides is 1. The van der Waals surface area contributed by atoms with E-state index in [9.17, 15) is 4.79 Å². The third kappa shape index (κ3) is 5.75. The van der Waals surface area contributed by atoms with Gasteiger partial charge in [-0.1, -0.05) is 61.3 Å². The molecule has 0 aliphatic carbocycles. The molecule has 0 aromatic heterocycles. The predicted molar refractivity (Wildman–Crippen MR) is 103 cm³/mol. The van der Waals surface area contributed by atoms with Crippen LogP contribution in [0.3, 0.4) is 0 Å². The fraction of sp³-hybridized carbons (Fsp3) is 0.474. The highest BCUT2D eigenvalue weighted by Crippen LogP contribution is 2.26. The first-order valence-corrected chi connectivity index (χ1v) is 9.02. The first-order valence-electron chi connectivity index (χ1n) is 8.26. The molecule has 0 N–H and O–H groups in total. The van der Waals surface area contributed by atoms with Crippen molar-refractivity contribution in [2.24, 2.45) is 10.6 Å². The van der Waals surface area contributed by atoms with Crippen LogP contribution in [-0.4, -0.2) is 35.7 Å². The van der Waals surface area contributed by atoms with Crippen LogP contribution in [0.1, 0.15) is 39.2 Å². The van der Waals surface area contributed by atoms with Crippen molar-refractivity contribution in [3.8, 4) is 0 Å². The minimum atomic E-state index is -0.173. The van der Waals surface area contributed by atoms with Crippen LogP contribution in [0.4, 0.5) is 0 Å².